The van der Waals surface area contributed by atoms with E-state index in [1.165, 1.54) is 6.92 Å². The third kappa shape index (κ3) is 2.83. The number of Topliss-reactive ketones (excluding diaryl/α,β-unsaturated/α-hetero) is 1. The van der Waals surface area contributed by atoms with Crippen LogP contribution >= 0.6 is 0 Å². The monoisotopic (exact) mass is 183 g/mol. The van der Waals surface area contributed by atoms with Gasteiger partial charge in [-0.3, -0.25) is 9.59 Å². The average molecular weight is 183 g/mol. The quantitative estimate of drug-likeness (QED) is 0.645. The molecule has 1 saturated heterocycles. The Hall–Kier alpha value is -0.860. The summed E-state index contributed by atoms with van der Waals surface area (Å²) in [4.78, 5) is 24.0. The van der Waals surface area contributed by atoms with E-state index >= 15 is 0 Å². The van der Waals surface area contributed by atoms with Crippen LogP contribution in [0.1, 0.15) is 33.6 Å². The maximum atomic E-state index is 11.5. The van der Waals surface area contributed by atoms with Gasteiger partial charge in [-0.15, -0.1) is 0 Å². The largest absolute Gasteiger partial charge is 0.335 e. The molecule has 3 heteroatoms. The first-order valence-electron chi connectivity index (χ1n) is 4.68. The summed E-state index contributed by atoms with van der Waals surface area (Å²) in [5, 5.41) is 0. The van der Waals surface area contributed by atoms with Crippen molar-refractivity contribution in [2.24, 2.45) is 5.41 Å². The molecule has 0 aliphatic carbocycles. The molecule has 1 rings (SSSR count). The maximum absolute atomic E-state index is 11.5. The van der Waals surface area contributed by atoms with Crippen LogP contribution in [0.15, 0.2) is 0 Å². The van der Waals surface area contributed by atoms with Gasteiger partial charge in [-0.05, 0) is 18.8 Å². The van der Waals surface area contributed by atoms with E-state index in [0.717, 1.165) is 13.0 Å². The molecule has 1 aliphatic rings. The zero-order valence-corrected chi connectivity index (χ0v) is 8.59. The van der Waals surface area contributed by atoms with Gasteiger partial charge in [-0.1, -0.05) is 13.8 Å². The summed E-state index contributed by atoms with van der Waals surface area (Å²) in [6.07, 6.45) is 1.56. The Morgan fingerprint density at radius 1 is 1.54 bits per heavy atom. The van der Waals surface area contributed by atoms with Crippen LogP contribution < -0.4 is 0 Å². The number of hydrogen-bond donors (Lipinski definition) is 0. The van der Waals surface area contributed by atoms with Crippen molar-refractivity contribution in [2.75, 3.05) is 13.1 Å². The predicted octanol–water partition coefficient (Wildman–Crippen LogP) is 1.22. The van der Waals surface area contributed by atoms with Gasteiger partial charge in [0.2, 0.25) is 5.91 Å². The summed E-state index contributed by atoms with van der Waals surface area (Å²) in [5.74, 6) is 0.180. The molecule has 0 aromatic carbocycles. The van der Waals surface area contributed by atoms with Crippen LogP contribution in [0.25, 0.3) is 0 Å². The van der Waals surface area contributed by atoms with Gasteiger partial charge in [-0.25, -0.2) is 0 Å². The van der Waals surface area contributed by atoms with Crippen LogP contribution in [-0.2, 0) is 9.59 Å². The van der Waals surface area contributed by atoms with Crippen molar-refractivity contribution >= 4 is 11.7 Å². The smallest absolute Gasteiger partial charge is 0.223 e. The minimum absolute atomic E-state index is 0.0630. The number of nitrogens with zero attached hydrogens (tertiary/aromatic N) is 1. The molecule has 0 spiro atoms. The summed E-state index contributed by atoms with van der Waals surface area (Å²) < 4.78 is 0. The van der Waals surface area contributed by atoms with E-state index in [4.69, 9.17) is 0 Å². The van der Waals surface area contributed by atoms with Gasteiger partial charge >= 0.3 is 0 Å². The molecule has 0 unspecified atom stereocenters. The molecule has 0 bridgehead atoms. The molecule has 1 fully saturated rings. The summed E-state index contributed by atoms with van der Waals surface area (Å²) in [7, 11) is 0. The molecule has 1 aliphatic heterocycles. The molecule has 0 saturated carbocycles. The Kier molecular flexibility index (Phi) is 2.74. The highest BCUT2D eigenvalue weighted by Crippen LogP contribution is 2.30. The molecule has 0 atom stereocenters. The van der Waals surface area contributed by atoms with Crippen molar-refractivity contribution in [2.45, 2.75) is 33.6 Å². The van der Waals surface area contributed by atoms with Crippen molar-refractivity contribution in [3.8, 4) is 0 Å². The maximum Gasteiger partial charge on any atom is 0.223 e. The fourth-order valence-electron chi connectivity index (χ4n) is 1.61. The second-order valence-corrected chi connectivity index (χ2v) is 4.61. The van der Waals surface area contributed by atoms with Crippen LogP contribution in [0.2, 0.25) is 0 Å². The number of likely N-dealkylation sites (tertiary alicyclic amines) is 1. The number of piperidine rings is 1. The summed E-state index contributed by atoms with van der Waals surface area (Å²) in [6, 6.07) is 0. The first-order valence-corrected chi connectivity index (χ1v) is 4.68. The zero-order valence-electron chi connectivity index (χ0n) is 8.59. The van der Waals surface area contributed by atoms with Gasteiger partial charge in [-0.2, -0.15) is 0 Å². The number of amides is 1. The second-order valence-electron chi connectivity index (χ2n) is 4.61. The van der Waals surface area contributed by atoms with E-state index < -0.39 is 0 Å². The lowest BCUT2D eigenvalue weighted by Gasteiger charge is -2.35. The van der Waals surface area contributed by atoms with Gasteiger partial charge in [0.15, 0.2) is 0 Å². The molecule has 0 N–H and O–H groups in total. The Morgan fingerprint density at radius 2 is 2.15 bits per heavy atom. The normalized spacial score (nSPS) is 21.8. The van der Waals surface area contributed by atoms with E-state index in [1.54, 1.807) is 4.90 Å². The molecule has 74 valence electrons. The lowest BCUT2D eigenvalue weighted by molar-refractivity contribution is -0.140. The fraction of sp³-hybridized carbons (Fsp3) is 0.800. The van der Waals surface area contributed by atoms with Crippen LogP contribution in [-0.4, -0.2) is 29.7 Å². The molecule has 3 nitrogen and oxygen atoms in total. The lowest BCUT2D eigenvalue weighted by Crippen LogP contribution is -2.43. The zero-order chi connectivity index (χ0) is 10.1. The molecule has 0 aromatic rings. The van der Waals surface area contributed by atoms with Crippen LogP contribution in [0.5, 0.6) is 0 Å². The predicted molar refractivity (Wildman–Crippen MR) is 50.3 cm³/mol. The van der Waals surface area contributed by atoms with Gasteiger partial charge in [0.05, 0.1) is 6.54 Å². The van der Waals surface area contributed by atoms with Crippen LogP contribution in [0.4, 0.5) is 0 Å². The molecule has 13 heavy (non-hydrogen) atoms. The third-order valence-electron chi connectivity index (χ3n) is 2.45. The van der Waals surface area contributed by atoms with Crippen LogP contribution in [0.3, 0.4) is 0 Å². The first-order chi connectivity index (χ1) is 5.91. The summed E-state index contributed by atoms with van der Waals surface area (Å²) >= 11 is 0. The van der Waals surface area contributed by atoms with Crippen molar-refractivity contribution < 1.29 is 9.59 Å². The van der Waals surface area contributed by atoms with E-state index in [9.17, 15) is 9.59 Å². The molecular weight excluding hydrogens is 166 g/mol. The Balaban J connectivity index is 2.54. The van der Waals surface area contributed by atoms with Gasteiger partial charge < -0.3 is 4.90 Å². The molecule has 1 heterocycles. The van der Waals surface area contributed by atoms with Crippen molar-refractivity contribution in [3.63, 3.8) is 0 Å². The van der Waals surface area contributed by atoms with E-state index in [2.05, 4.69) is 13.8 Å². The Labute approximate surface area is 79.1 Å². The van der Waals surface area contributed by atoms with E-state index in [-0.39, 0.29) is 23.7 Å². The number of ketones is 1. The summed E-state index contributed by atoms with van der Waals surface area (Å²) in [6.45, 7) is 6.72. The van der Waals surface area contributed by atoms with E-state index in [1.807, 2.05) is 0 Å². The van der Waals surface area contributed by atoms with E-state index in [0.29, 0.717) is 6.42 Å². The fourth-order valence-corrected chi connectivity index (χ4v) is 1.61. The Morgan fingerprint density at radius 3 is 2.62 bits per heavy atom. The number of carbonyl (C=O) groups excluding carboxylic acids is 2. The first kappa shape index (κ1) is 10.2. The third-order valence-corrected chi connectivity index (χ3v) is 2.45. The highest BCUT2D eigenvalue weighted by molar-refractivity contribution is 5.85. The van der Waals surface area contributed by atoms with Gasteiger partial charge in [0.25, 0.3) is 0 Å². The highest BCUT2D eigenvalue weighted by Gasteiger charge is 2.31. The van der Waals surface area contributed by atoms with Crippen molar-refractivity contribution in [3.05, 3.63) is 0 Å². The standard InChI is InChI=1S/C10H17NO2/c1-8(12)7-11-5-4-10(2,3)6-9(11)13/h4-7H2,1-3H3. The minimum Gasteiger partial charge on any atom is -0.335 e. The Bertz CT molecular complexity index is 233. The summed E-state index contributed by atoms with van der Waals surface area (Å²) in [5.41, 5.74) is 0.115. The minimum atomic E-state index is 0.0630. The number of hydrogen-bond acceptors (Lipinski definition) is 2. The van der Waals surface area contributed by atoms with Crippen molar-refractivity contribution in [1.29, 1.82) is 0 Å². The second kappa shape index (κ2) is 3.48. The van der Waals surface area contributed by atoms with Gasteiger partial charge in [0, 0.05) is 13.0 Å². The lowest BCUT2D eigenvalue weighted by atomic mass is 9.82. The highest BCUT2D eigenvalue weighted by atomic mass is 16.2. The molecule has 1 amide bonds. The molecule has 0 radical (unpaired) electrons. The van der Waals surface area contributed by atoms with Crippen LogP contribution in [0, 0.1) is 5.41 Å². The number of rotatable bonds is 2. The van der Waals surface area contributed by atoms with Crippen molar-refractivity contribution in [1.82, 2.24) is 4.90 Å². The number of carbonyl (C=O) groups is 2. The SMILES string of the molecule is CC(=O)CN1CCC(C)(C)CC1=O. The topological polar surface area (TPSA) is 37.4 Å². The van der Waals surface area contributed by atoms with Gasteiger partial charge in [0.1, 0.15) is 5.78 Å². The molecular formula is C10H17NO2. The molecule has 0 aromatic heterocycles. The average Bonchev–Trinajstić information content (AvgIpc) is 1.93.